The van der Waals surface area contributed by atoms with Gasteiger partial charge in [0.1, 0.15) is 18.4 Å². The highest BCUT2D eigenvalue weighted by molar-refractivity contribution is 6.13. The number of ether oxygens (including phenoxy) is 1. The Bertz CT molecular complexity index is 1840. The summed E-state index contributed by atoms with van der Waals surface area (Å²) in [4.78, 5) is 42.6. The second kappa shape index (κ2) is 11.5. The van der Waals surface area contributed by atoms with Crippen molar-refractivity contribution < 1.29 is 33.0 Å². The summed E-state index contributed by atoms with van der Waals surface area (Å²) >= 11 is 0. The minimum Gasteiger partial charge on any atom is -0.495 e. The van der Waals surface area contributed by atoms with E-state index in [1.165, 1.54) is 94.5 Å². The van der Waals surface area contributed by atoms with Crippen LogP contribution in [0, 0.1) is 11.3 Å². The number of nitriles is 1. The molecule has 0 saturated carbocycles. The Morgan fingerprint density at radius 1 is 1.07 bits per heavy atom. The molecule has 0 unspecified atom stereocenters. The normalized spacial score (nSPS) is 17.4. The predicted octanol–water partition coefficient (Wildman–Crippen LogP) is 3.56. The first-order valence-corrected chi connectivity index (χ1v) is 13.9. The number of carbonyl (C=O) groups is 3. The van der Waals surface area contributed by atoms with Crippen molar-refractivity contribution in [3.05, 3.63) is 107 Å². The fourth-order valence-electron chi connectivity index (χ4n) is 5.84. The predicted molar refractivity (Wildman–Crippen MR) is 157 cm³/mol. The van der Waals surface area contributed by atoms with E-state index in [1.54, 1.807) is 6.07 Å². The van der Waals surface area contributed by atoms with Crippen LogP contribution >= 0.6 is 0 Å². The zero-order valence-corrected chi connectivity index (χ0v) is 23.9. The maximum atomic E-state index is 15.3. The van der Waals surface area contributed by atoms with Crippen LogP contribution in [0.15, 0.2) is 79.0 Å². The number of aliphatic hydroxyl groups is 1. The molecule has 6 rings (SSSR count). The molecule has 3 heterocycles. The van der Waals surface area contributed by atoms with Crippen LogP contribution in [0.25, 0.3) is 0 Å². The number of methoxy groups -OCH3 is 1. The number of benzene rings is 3. The highest BCUT2D eigenvalue weighted by Gasteiger charge is 2.49. The number of alkyl halides is 2. The molecule has 3 amide bonds. The van der Waals surface area contributed by atoms with E-state index in [4.69, 9.17) is 4.74 Å². The highest BCUT2D eigenvalue weighted by atomic mass is 19.3. The standard InChI is InChI=1S/C32H26F2N6O5/c1-45-27-12-7-19(13-20(27)14-35)30(43)37-24-15-36-40-26-17-38(28(42)18-41)16-25(26)39(31(44)29(24)40)23-10-8-22(9-11-23)32(33,34)21-5-3-2-4-6-21/h2-13,15,25-26,41H,16-18H2,1H3,(H,37,43)/t25-,26+/m0/s1. The van der Waals surface area contributed by atoms with Crippen LogP contribution in [0.5, 0.6) is 5.75 Å². The average Bonchev–Trinajstić information content (AvgIpc) is 3.70. The number of nitrogens with zero attached hydrogens (tertiary/aromatic N) is 5. The SMILES string of the molecule is COc1ccc(C(=O)Nc2cnn3c2C(=O)N(c2ccc(C(F)(F)c4ccccc4)cc2)[C@H]2CN(C(=O)CO)C[C@H]23)cc1C#N. The molecule has 3 aromatic carbocycles. The lowest BCUT2D eigenvalue weighted by molar-refractivity contribution is -0.133. The van der Waals surface area contributed by atoms with Gasteiger partial charge < -0.3 is 20.1 Å². The van der Waals surface area contributed by atoms with E-state index in [9.17, 15) is 24.8 Å². The third-order valence-electron chi connectivity index (χ3n) is 8.08. The number of nitrogens with one attached hydrogen (secondary N) is 1. The number of amides is 3. The first-order chi connectivity index (χ1) is 21.7. The van der Waals surface area contributed by atoms with Crippen LogP contribution in [0.4, 0.5) is 20.2 Å². The van der Waals surface area contributed by atoms with Crippen molar-refractivity contribution in [3.8, 4) is 11.8 Å². The summed E-state index contributed by atoms with van der Waals surface area (Å²) < 4.78 is 37.1. The minimum absolute atomic E-state index is 0.0237. The summed E-state index contributed by atoms with van der Waals surface area (Å²) in [7, 11) is 1.40. The molecule has 11 nitrogen and oxygen atoms in total. The minimum atomic E-state index is -3.28. The van der Waals surface area contributed by atoms with Gasteiger partial charge in [-0.3, -0.25) is 24.0 Å². The van der Waals surface area contributed by atoms with Crippen molar-refractivity contribution in [2.24, 2.45) is 0 Å². The van der Waals surface area contributed by atoms with Crippen molar-refractivity contribution >= 4 is 29.1 Å². The number of anilines is 2. The fraction of sp³-hybridized carbons (Fsp3) is 0.219. The molecule has 2 aliphatic heterocycles. The summed E-state index contributed by atoms with van der Waals surface area (Å²) in [5.74, 6) is -4.71. The van der Waals surface area contributed by atoms with E-state index >= 15 is 8.78 Å². The number of aromatic nitrogens is 2. The topological polar surface area (TPSA) is 141 Å². The van der Waals surface area contributed by atoms with Crippen molar-refractivity contribution in [1.82, 2.24) is 14.7 Å². The van der Waals surface area contributed by atoms with Crippen molar-refractivity contribution in [2.75, 3.05) is 37.0 Å². The van der Waals surface area contributed by atoms with Gasteiger partial charge in [-0.25, -0.2) is 0 Å². The average molecular weight is 613 g/mol. The number of carbonyl (C=O) groups excluding carboxylic acids is 3. The third kappa shape index (κ3) is 5.04. The number of halogens is 2. The molecule has 0 spiro atoms. The molecule has 0 radical (unpaired) electrons. The first-order valence-electron chi connectivity index (χ1n) is 13.9. The summed E-state index contributed by atoms with van der Waals surface area (Å²) in [6.07, 6.45) is 1.32. The van der Waals surface area contributed by atoms with Gasteiger partial charge in [0, 0.05) is 35.5 Å². The number of likely N-dealkylation sites (tertiary alicyclic amines) is 1. The Labute approximate surface area is 255 Å². The van der Waals surface area contributed by atoms with Crippen molar-refractivity contribution in [2.45, 2.75) is 18.0 Å². The van der Waals surface area contributed by atoms with Crippen LogP contribution < -0.4 is 15.0 Å². The second-order valence-electron chi connectivity index (χ2n) is 10.6. The molecule has 45 heavy (non-hydrogen) atoms. The summed E-state index contributed by atoms with van der Waals surface area (Å²) in [5.41, 5.74) is 0.256. The Morgan fingerprint density at radius 3 is 2.42 bits per heavy atom. The van der Waals surface area contributed by atoms with E-state index in [0.29, 0.717) is 11.4 Å². The zero-order chi connectivity index (χ0) is 31.9. The molecule has 2 N–H and O–H groups in total. The van der Waals surface area contributed by atoms with Crippen LogP contribution in [0.3, 0.4) is 0 Å². The molecule has 4 aromatic rings. The fourth-order valence-corrected chi connectivity index (χ4v) is 5.84. The Hall–Kier alpha value is -5.61. The van der Waals surface area contributed by atoms with Gasteiger partial charge in [-0.1, -0.05) is 42.5 Å². The van der Waals surface area contributed by atoms with Crippen molar-refractivity contribution in [3.63, 3.8) is 0 Å². The Balaban J connectivity index is 1.36. The van der Waals surface area contributed by atoms with E-state index in [-0.39, 0.29) is 46.7 Å². The first kappa shape index (κ1) is 29.5. The molecule has 0 aliphatic carbocycles. The highest BCUT2D eigenvalue weighted by Crippen LogP contribution is 2.41. The van der Waals surface area contributed by atoms with E-state index < -0.39 is 42.3 Å². The van der Waals surface area contributed by atoms with Crippen LogP contribution in [0.2, 0.25) is 0 Å². The largest absolute Gasteiger partial charge is 0.495 e. The summed E-state index contributed by atoms with van der Waals surface area (Å²) in [6.45, 7) is -0.540. The van der Waals surface area contributed by atoms with E-state index in [0.717, 1.165) is 0 Å². The quantitative estimate of drug-likeness (QED) is 0.325. The van der Waals surface area contributed by atoms with Crippen LogP contribution in [-0.2, 0) is 10.7 Å². The van der Waals surface area contributed by atoms with E-state index in [2.05, 4.69) is 10.4 Å². The maximum absolute atomic E-state index is 15.3. The van der Waals surface area contributed by atoms with Gasteiger partial charge in [-0.15, -0.1) is 0 Å². The number of aliphatic hydroxyl groups excluding tert-OH is 1. The molecule has 0 bridgehead atoms. The monoisotopic (exact) mass is 612 g/mol. The molecule has 228 valence electrons. The smallest absolute Gasteiger partial charge is 0.298 e. The van der Waals surface area contributed by atoms with Crippen LogP contribution in [-0.4, -0.2) is 70.4 Å². The van der Waals surface area contributed by atoms with Gasteiger partial charge in [0.15, 0.2) is 5.69 Å². The Kier molecular flexibility index (Phi) is 7.51. The lowest BCUT2D eigenvalue weighted by Gasteiger charge is -2.37. The van der Waals surface area contributed by atoms with Crippen molar-refractivity contribution in [1.29, 1.82) is 5.26 Å². The van der Waals surface area contributed by atoms with Gasteiger partial charge in [-0.05, 0) is 30.3 Å². The number of rotatable bonds is 7. The number of fused-ring (bicyclic) bond motifs is 3. The van der Waals surface area contributed by atoms with Gasteiger partial charge in [0.2, 0.25) is 5.91 Å². The van der Waals surface area contributed by atoms with E-state index in [1.807, 2.05) is 6.07 Å². The molecule has 1 fully saturated rings. The molecular formula is C32H26F2N6O5. The number of hydrogen-bond acceptors (Lipinski definition) is 7. The van der Waals surface area contributed by atoms with Gasteiger partial charge in [0.25, 0.3) is 17.7 Å². The van der Waals surface area contributed by atoms with Gasteiger partial charge >= 0.3 is 0 Å². The summed E-state index contributed by atoms with van der Waals surface area (Å²) in [5, 5.41) is 26.0. The Morgan fingerprint density at radius 2 is 1.76 bits per heavy atom. The third-order valence-corrected chi connectivity index (χ3v) is 8.08. The van der Waals surface area contributed by atoms with Crippen LogP contribution in [0.1, 0.15) is 43.6 Å². The molecule has 2 aliphatic rings. The molecule has 1 saturated heterocycles. The maximum Gasteiger partial charge on any atom is 0.298 e. The molecule has 13 heteroatoms. The molecular weight excluding hydrogens is 586 g/mol. The van der Waals surface area contributed by atoms with Gasteiger partial charge in [0.05, 0.1) is 36.6 Å². The lowest BCUT2D eigenvalue weighted by atomic mass is 9.99. The second-order valence-corrected chi connectivity index (χ2v) is 10.6. The molecule has 2 atom stereocenters. The van der Waals surface area contributed by atoms with Gasteiger partial charge in [-0.2, -0.15) is 19.1 Å². The zero-order valence-electron chi connectivity index (χ0n) is 23.9. The molecule has 1 aromatic heterocycles. The number of hydrogen-bond donors (Lipinski definition) is 2. The summed E-state index contributed by atoms with van der Waals surface area (Å²) in [6, 6.07) is 17.8. The lowest BCUT2D eigenvalue weighted by Crippen LogP contribution is -2.51.